The smallest absolute Gasteiger partial charge is 0.475 e. The number of carboxylic acids is 1. The number of pyridine rings is 1. The molecule has 0 aliphatic carbocycles. The van der Waals surface area contributed by atoms with Crippen LogP contribution >= 0.6 is 0 Å². The number of fused-ring (bicyclic) bond motifs is 1. The highest BCUT2D eigenvalue weighted by Gasteiger charge is 2.44. The van der Waals surface area contributed by atoms with Crippen molar-refractivity contribution in [3.8, 4) is 0 Å². The monoisotopic (exact) mass is 457 g/mol. The first-order chi connectivity index (χ1) is 15.1. The standard InChI is InChI=1S/C17H18FN5O2.C2HF3O2/c18-13-6-21-17(22-7-13)23-8-14-12(10-25-15(14)9-23)5-20-16(24)11-1-3-19-4-2-11;3-2(4,5)1(6)7/h1-4,6-7,12,14-15H,5,8-10H2,(H,20,24);(H,6,7)/t12-,14-,15-;/m1./s1. The molecule has 0 bridgehead atoms. The van der Waals surface area contributed by atoms with E-state index in [0.29, 0.717) is 37.1 Å². The fourth-order valence-electron chi connectivity index (χ4n) is 3.47. The number of carboxylic acid groups (broad SMARTS) is 1. The number of alkyl halides is 3. The number of carbonyl (C=O) groups excluding carboxylic acids is 1. The zero-order valence-electron chi connectivity index (χ0n) is 16.5. The maximum absolute atomic E-state index is 13.0. The van der Waals surface area contributed by atoms with E-state index >= 15 is 0 Å². The second-order valence-electron chi connectivity index (χ2n) is 7.15. The van der Waals surface area contributed by atoms with Crippen LogP contribution in [-0.2, 0) is 9.53 Å². The minimum absolute atomic E-state index is 0.0940. The summed E-state index contributed by atoms with van der Waals surface area (Å²) in [5.74, 6) is -2.27. The summed E-state index contributed by atoms with van der Waals surface area (Å²) in [6.07, 6.45) is 0.548. The zero-order chi connectivity index (χ0) is 23.3. The van der Waals surface area contributed by atoms with Gasteiger partial charge in [0.05, 0.1) is 25.1 Å². The molecule has 2 aromatic heterocycles. The first-order valence-corrected chi connectivity index (χ1v) is 9.47. The Morgan fingerprint density at radius 2 is 1.81 bits per heavy atom. The summed E-state index contributed by atoms with van der Waals surface area (Å²) >= 11 is 0. The molecule has 2 saturated heterocycles. The van der Waals surface area contributed by atoms with Crippen LogP contribution in [0.5, 0.6) is 0 Å². The van der Waals surface area contributed by atoms with Crippen molar-refractivity contribution in [2.75, 3.05) is 31.1 Å². The van der Waals surface area contributed by atoms with E-state index in [4.69, 9.17) is 14.6 Å². The lowest BCUT2D eigenvalue weighted by molar-refractivity contribution is -0.192. The highest BCUT2D eigenvalue weighted by molar-refractivity contribution is 5.93. The van der Waals surface area contributed by atoms with Crippen molar-refractivity contribution in [2.24, 2.45) is 11.8 Å². The molecule has 0 radical (unpaired) electrons. The van der Waals surface area contributed by atoms with E-state index in [-0.39, 0.29) is 17.9 Å². The highest BCUT2D eigenvalue weighted by Crippen LogP contribution is 2.34. The Hall–Kier alpha value is -3.35. The summed E-state index contributed by atoms with van der Waals surface area (Å²) in [4.78, 5) is 35.0. The summed E-state index contributed by atoms with van der Waals surface area (Å²) in [7, 11) is 0. The van der Waals surface area contributed by atoms with Gasteiger partial charge in [-0.2, -0.15) is 13.2 Å². The van der Waals surface area contributed by atoms with Gasteiger partial charge in [0.2, 0.25) is 5.95 Å². The van der Waals surface area contributed by atoms with Crippen molar-refractivity contribution < 1.29 is 37.0 Å². The SMILES string of the molecule is O=C(NC[C@@H]1CO[C@@H]2CN(c3ncc(F)cn3)C[C@H]12)c1ccncc1.O=C(O)C(F)(F)F. The number of aromatic nitrogens is 3. The molecular weight excluding hydrogens is 438 g/mol. The first-order valence-electron chi connectivity index (χ1n) is 9.47. The number of hydrogen-bond acceptors (Lipinski definition) is 7. The third-order valence-corrected chi connectivity index (χ3v) is 5.04. The number of hydrogen-bond donors (Lipinski definition) is 2. The van der Waals surface area contributed by atoms with Gasteiger partial charge < -0.3 is 20.1 Å². The predicted molar refractivity (Wildman–Crippen MR) is 101 cm³/mol. The van der Waals surface area contributed by atoms with Crippen LogP contribution in [0.15, 0.2) is 36.9 Å². The Kier molecular flexibility index (Phi) is 7.18. The normalized spacial score (nSPS) is 22.0. The van der Waals surface area contributed by atoms with Crippen molar-refractivity contribution >= 4 is 17.8 Å². The summed E-state index contributed by atoms with van der Waals surface area (Å²) in [5.41, 5.74) is 0.596. The van der Waals surface area contributed by atoms with Gasteiger partial charge in [-0.15, -0.1) is 0 Å². The molecule has 0 unspecified atom stereocenters. The minimum atomic E-state index is -5.08. The Bertz CT molecular complexity index is 930. The van der Waals surface area contributed by atoms with E-state index < -0.39 is 18.0 Å². The summed E-state index contributed by atoms with van der Waals surface area (Å²) in [5, 5.41) is 10.1. The molecule has 9 nitrogen and oxygen atoms in total. The Morgan fingerprint density at radius 1 is 1.19 bits per heavy atom. The van der Waals surface area contributed by atoms with E-state index in [9.17, 15) is 22.4 Å². The van der Waals surface area contributed by atoms with E-state index in [1.165, 1.54) is 12.4 Å². The fourth-order valence-corrected chi connectivity index (χ4v) is 3.47. The minimum Gasteiger partial charge on any atom is -0.475 e. The third kappa shape index (κ3) is 5.87. The van der Waals surface area contributed by atoms with Gasteiger partial charge in [0.1, 0.15) is 0 Å². The molecule has 3 atom stereocenters. The Morgan fingerprint density at radius 3 is 2.41 bits per heavy atom. The molecule has 2 N–H and O–H groups in total. The molecule has 32 heavy (non-hydrogen) atoms. The second kappa shape index (κ2) is 9.85. The van der Waals surface area contributed by atoms with Crippen LogP contribution in [0.2, 0.25) is 0 Å². The van der Waals surface area contributed by atoms with Crippen molar-refractivity contribution in [1.29, 1.82) is 0 Å². The number of rotatable bonds is 4. The lowest BCUT2D eigenvalue weighted by Crippen LogP contribution is -2.34. The van der Waals surface area contributed by atoms with Gasteiger partial charge in [0.25, 0.3) is 5.91 Å². The largest absolute Gasteiger partial charge is 0.490 e. The number of anilines is 1. The molecule has 172 valence electrons. The summed E-state index contributed by atoms with van der Waals surface area (Å²) in [6, 6.07) is 3.37. The predicted octanol–water partition coefficient (Wildman–Crippen LogP) is 1.53. The molecule has 4 heterocycles. The van der Waals surface area contributed by atoms with Crippen LogP contribution in [0.1, 0.15) is 10.4 Å². The zero-order valence-corrected chi connectivity index (χ0v) is 16.5. The van der Waals surface area contributed by atoms with Crippen LogP contribution < -0.4 is 10.2 Å². The Labute approximate surface area is 179 Å². The lowest BCUT2D eigenvalue weighted by Gasteiger charge is -2.20. The summed E-state index contributed by atoms with van der Waals surface area (Å²) < 4.78 is 50.6. The quantitative estimate of drug-likeness (QED) is 0.664. The van der Waals surface area contributed by atoms with Gasteiger partial charge >= 0.3 is 12.1 Å². The average Bonchev–Trinajstić information content (AvgIpc) is 3.34. The van der Waals surface area contributed by atoms with Crippen molar-refractivity contribution in [1.82, 2.24) is 20.3 Å². The molecule has 1 amide bonds. The van der Waals surface area contributed by atoms with Crippen LogP contribution in [0, 0.1) is 17.7 Å². The maximum atomic E-state index is 13.0. The topological polar surface area (TPSA) is 118 Å². The summed E-state index contributed by atoms with van der Waals surface area (Å²) in [6.45, 7) is 2.61. The van der Waals surface area contributed by atoms with E-state index in [0.717, 1.165) is 6.54 Å². The Balaban J connectivity index is 0.000000360. The van der Waals surface area contributed by atoms with E-state index in [2.05, 4.69) is 20.3 Å². The molecule has 0 aromatic carbocycles. The molecule has 2 aliphatic rings. The molecule has 2 aliphatic heterocycles. The van der Waals surface area contributed by atoms with Crippen LogP contribution in [0.4, 0.5) is 23.5 Å². The average molecular weight is 457 g/mol. The second-order valence-corrected chi connectivity index (χ2v) is 7.15. The number of nitrogens with one attached hydrogen (secondary N) is 1. The number of carbonyl (C=O) groups is 2. The van der Waals surface area contributed by atoms with Gasteiger partial charge in [-0.25, -0.2) is 19.2 Å². The van der Waals surface area contributed by atoms with Gasteiger partial charge in [-0.1, -0.05) is 0 Å². The molecule has 0 spiro atoms. The van der Waals surface area contributed by atoms with E-state index in [1.807, 2.05) is 4.90 Å². The number of halogens is 4. The fraction of sp³-hybridized carbons (Fsp3) is 0.421. The molecule has 2 fully saturated rings. The molecule has 0 saturated carbocycles. The number of amides is 1. The molecular formula is C19H19F4N5O4. The van der Waals surface area contributed by atoms with Crippen LogP contribution in [0.25, 0.3) is 0 Å². The number of ether oxygens (including phenoxy) is 1. The van der Waals surface area contributed by atoms with E-state index in [1.54, 1.807) is 24.5 Å². The van der Waals surface area contributed by atoms with Crippen molar-refractivity contribution in [3.05, 3.63) is 48.3 Å². The molecule has 2 aromatic rings. The highest BCUT2D eigenvalue weighted by atomic mass is 19.4. The molecule has 4 rings (SSSR count). The van der Waals surface area contributed by atoms with Gasteiger partial charge in [-0.3, -0.25) is 9.78 Å². The first kappa shape index (κ1) is 23.3. The lowest BCUT2D eigenvalue weighted by atomic mass is 9.93. The number of nitrogens with zero attached hydrogens (tertiary/aromatic N) is 4. The van der Waals surface area contributed by atoms with Gasteiger partial charge in [-0.05, 0) is 12.1 Å². The maximum Gasteiger partial charge on any atom is 0.490 e. The van der Waals surface area contributed by atoms with Crippen LogP contribution in [-0.4, -0.2) is 70.5 Å². The molecule has 13 heteroatoms. The van der Waals surface area contributed by atoms with Gasteiger partial charge in [0, 0.05) is 49.4 Å². The third-order valence-electron chi connectivity index (χ3n) is 5.04. The van der Waals surface area contributed by atoms with Gasteiger partial charge in [0.15, 0.2) is 5.82 Å². The van der Waals surface area contributed by atoms with Crippen LogP contribution in [0.3, 0.4) is 0 Å². The number of aliphatic carboxylic acids is 1. The van der Waals surface area contributed by atoms with Crippen molar-refractivity contribution in [3.63, 3.8) is 0 Å². The van der Waals surface area contributed by atoms with Crippen molar-refractivity contribution in [2.45, 2.75) is 12.3 Å².